The third-order valence-corrected chi connectivity index (χ3v) is 3.03. The summed E-state index contributed by atoms with van der Waals surface area (Å²) in [6.45, 7) is 0.748. The number of tetrazole rings is 1. The van der Waals surface area contributed by atoms with Crippen LogP contribution in [0.25, 0.3) is 11.1 Å². The molecule has 2 aromatic carbocycles. The highest BCUT2D eigenvalue weighted by molar-refractivity contribution is 5.85. The standard InChI is InChI=1S/C15H14N4.ClH/c1-2-6-14(7-3-1)15-8-4-5-13(11-15)9-10-19-17-12-16-18-19;/h1-8,11-12H,9-10H2;1H. The van der Waals surface area contributed by atoms with Gasteiger partial charge in [-0.2, -0.15) is 4.80 Å². The molecule has 0 N–H and O–H groups in total. The van der Waals surface area contributed by atoms with Gasteiger partial charge in [0.1, 0.15) is 0 Å². The number of hydrogen-bond acceptors (Lipinski definition) is 3. The van der Waals surface area contributed by atoms with Gasteiger partial charge in [0.25, 0.3) is 0 Å². The third-order valence-electron chi connectivity index (χ3n) is 3.03. The summed E-state index contributed by atoms with van der Waals surface area (Å²) in [6, 6.07) is 19.0. The van der Waals surface area contributed by atoms with Crippen LogP contribution < -0.4 is 0 Å². The smallest absolute Gasteiger partial charge is 0.162 e. The zero-order valence-electron chi connectivity index (χ0n) is 10.9. The maximum Gasteiger partial charge on any atom is 0.162 e. The van der Waals surface area contributed by atoms with Gasteiger partial charge >= 0.3 is 0 Å². The lowest BCUT2D eigenvalue weighted by Gasteiger charge is -2.05. The quantitative estimate of drug-likeness (QED) is 0.740. The van der Waals surface area contributed by atoms with Gasteiger partial charge in [-0.3, -0.25) is 0 Å². The molecule has 0 amide bonds. The minimum Gasteiger partial charge on any atom is -0.164 e. The van der Waals surface area contributed by atoms with Gasteiger partial charge in [0, 0.05) is 0 Å². The van der Waals surface area contributed by atoms with Crippen molar-refractivity contribution in [3.05, 3.63) is 66.5 Å². The van der Waals surface area contributed by atoms with Crippen LogP contribution in [0.15, 0.2) is 60.9 Å². The first kappa shape index (κ1) is 14.2. The second kappa shape index (κ2) is 6.82. The van der Waals surface area contributed by atoms with Gasteiger partial charge in [0.15, 0.2) is 6.33 Å². The van der Waals surface area contributed by atoms with Crippen LogP contribution in [0.2, 0.25) is 0 Å². The Morgan fingerprint density at radius 3 is 2.45 bits per heavy atom. The van der Waals surface area contributed by atoms with E-state index in [1.807, 2.05) is 6.07 Å². The summed E-state index contributed by atoms with van der Waals surface area (Å²) in [6.07, 6.45) is 2.36. The molecule has 4 nitrogen and oxygen atoms in total. The monoisotopic (exact) mass is 286 g/mol. The molecule has 0 aliphatic heterocycles. The molecule has 0 radical (unpaired) electrons. The van der Waals surface area contributed by atoms with Crippen molar-refractivity contribution in [1.29, 1.82) is 0 Å². The molecule has 0 aliphatic rings. The SMILES string of the molecule is Cl.c1ccc(-c2cccc(CCn3ncnn3)c2)cc1. The molecule has 0 saturated carbocycles. The molecule has 0 atom stereocenters. The molecule has 0 saturated heterocycles. The first-order chi connectivity index (χ1) is 9.42. The molecule has 102 valence electrons. The fraction of sp³-hybridized carbons (Fsp3) is 0.133. The summed E-state index contributed by atoms with van der Waals surface area (Å²) < 4.78 is 0. The molecular weight excluding hydrogens is 272 g/mol. The summed E-state index contributed by atoms with van der Waals surface area (Å²) in [5, 5.41) is 11.6. The van der Waals surface area contributed by atoms with Gasteiger partial charge in [-0.05, 0) is 28.3 Å². The Morgan fingerprint density at radius 1 is 0.900 bits per heavy atom. The molecule has 0 spiro atoms. The van der Waals surface area contributed by atoms with Crippen LogP contribution in [0.5, 0.6) is 0 Å². The van der Waals surface area contributed by atoms with Crippen molar-refractivity contribution in [2.24, 2.45) is 0 Å². The molecule has 1 heterocycles. The largest absolute Gasteiger partial charge is 0.164 e. The van der Waals surface area contributed by atoms with E-state index in [2.05, 4.69) is 63.9 Å². The van der Waals surface area contributed by atoms with Crippen LogP contribution in [-0.2, 0) is 13.0 Å². The highest BCUT2D eigenvalue weighted by Gasteiger charge is 2.00. The predicted octanol–water partition coefficient (Wildman–Crippen LogP) is 3.00. The molecule has 5 heteroatoms. The van der Waals surface area contributed by atoms with Crippen molar-refractivity contribution in [1.82, 2.24) is 20.2 Å². The molecule has 3 rings (SSSR count). The topological polar surface area (TPSA) is 43.6 Å². The molecule has 0 unspecified atom stereocenters. The Kier molecular flexibility index (Phi) is 4.85. The highest BCUT2D eigenvalue weighted by atomic mass is 35.5. The number of rotatable bonds is 4. The van der Waals surface area contributed by atoms with E-state index in [0.717, 1.165) is 13.0 Å². The van der Waals surface area contributed by atoms with Crippen LogP contribution >= 0.6 is 12.4 Å². The van der Waals surface area contributed by atoms with Gasteiger partial charge in [-0.1, -0.05) is 54.6 Å². The Morgan fingerprint density at radius 2 is 1.70 bits per heavy atom. The van der Waals surface area contributed by atoms with Gasteiger partial charge in [0.2, 0.25) is 0 Å². The van der Waals surface area contributed by atoms with Crippen LogP contribution in [0.4, 0.5) is 0 Å². The molecule has 3 aromatic rings. The van der Waals surface area contributed by atoms with Gasteiger partial charge in [0.05, 0.1) is 6.54 Å². The van der Waals surface area contributed by atoms with Crippen molar-refractivity contribution in [2.75, 3.05) is 0 Å². The average molecular weight is 287 g/mol. The van der Waals surface area contributed by atoms with Crippen molar-refractivity contribution in [2.45, 2.75) is 13.0 Å². The van der Waals surface area contributed by atoms with Crippen molar-refractivity contribution < 1.29 is 0 Å². The van der Waals surface area contributed by atoms with Crippen molar-refractivity contribution >= 4 is 12.4 Å². The Hall–Kier alpha value is -2.20. The fourth-order valence-electron chi connectivity index (χ4n) is 2.06. The lowest BCUT2D eigenvalue weighted by Crippen LogP contribution is -2.05. The zero-order chi connectivity index (χ0) is 12.9. The maximum atomic E-state index is 4.01. The van der Waals surface area contributed by atoms with Gasteiger partial charge < -0.3 is 0 Å². The maximum absolute atomic E-state index is 4.01. The lowest BCUT2D eigenvalue weighted by molar-refractivity contribution is 0.522. The molecule has 0 aliphatic carbocycles. The summed E-state index contributed by atoms with van der Waals surface area (Å²) >= 11 is 0. The number of aryl methyl sites for hydroxylation is 2. The highest BCUT2D eigenvalue weighted by Crippen LogP contribution is 2.20. The lowest BCUT2D eigenvalue weighted by atomic mass is 10.0. The minimum atomic E-state index is 0. The zero-order valence-corrected chi connectivity index (χ0v) is 11.7. The molecule has 20 heavy (non-hydrogen) atoms. The summed E-state index contributed by atoms with van der Waals surface area (Å²) in [5.74, 6) is 0. The predicted molar refractivity (Wildman–Crippen MR) is 80.6 cm³/mol. The summed E-state index contributed by atoms with van der Waals surface area (Å²) in [7, 11) is 0. The molecular formula is C15H15ClN4. The van der Waals surface area contributed by atoms with E-state index < -0.39 is 0 Å². The number of benzene rings is 2. The van der Waals surface area contributed by atoms with E-state index in [0.29, 0.717) is 0 Å². The first-order valence-corrected chi connectivity index (χ1v) is 6.27. The normalized spacial score (nSPS) is 10.0. The van der Waals surface area contributed by atoms with Crippen molar-refractivity contribution in [3.63, 3.8) is 0 Å². The second-order valence-corrected chi connectivity index (χ2v) is 4.35. The van der Waals surface area contributed by atoms with E-state index in [1.54, 1.807) is 4.80 Å². The van der Waals surface area contributed by atoms with Crippen LogP contribution in [0.3, 0.4) is 0 Å². The molecule has 1 aromatic heterocycles. The summed E-state index contributed by atoms with van der Waals surface area (Å²) in [5.41, 5.74) is 3.76. The van der Waals surface area contributed by atoms with Crippen LogP contribution in [0, 0.1) is 0 Å². The van der Waals surface area contributed by atoms with E-state index in [4.69, 9.17) is 0 Å². The number of halogens is 1. The fourth-order valence-corrected chi connectivity index (χ4v) is 2.06. The molecule has 0 bridgehead atoms. The molecule has 0 fully saturated rings. The number of aromatic nitrogens is 4. The Balaban J connectivity index is 0.00000147. The minimum absolute atomic E-state index is 0. The van der Waals surface area contributed by atoms with E-state index in [1.165, 1.54) is 23.0 Å². The van der Waals surface area contributed by atoms with E-state index >= 15 is 0 Å². The Bertz CT molecular complexity index is 638. The second-order valence-electron chi connectivity index (χ2n) is 4.35. The number of nitrogens with zero attached hydrogens (tertiary/aromatic N) is 4. The van der Waals surface area contributed by atoms with Gasteiger partial charge in [-0.15, -0.1) is 22.6 Å². The van der Waals surface area contributed by atoms with Crippen LogP contribution in [-0.4, -0.2) is 20.2 Å². The average Bonchev–Trinajstić information content (AvgIpc) is 3.00. The first-order valence-electron chi connectivity index (χ1n) is 6.27. The van der Waals surface area contributed by atoms with E-state index in [9.17, 15) is 0 Å². The Labute approximate surface area is 123 Å². The summed E-state index contributed by atoms with van der Waals surface area (Å²) in [4.78, 5) is 1.61. The van der Waals surface area contributed by atoms with Crippen molar-refractivity contribution in [3.8, 4) is 11.1 Å². The third kappa shape index (κ3) is 3.42. The number of hydrogen-bond donors (Lipinski definition) is 0. The van der Waals surface area contributed by atoms with Crippen LogP contribution in [0.1, 0.15) is 5.56 Å². The van der Waals surface area contributed by atoms with Gasteiger partial charge in [-0.25, -0.2) is 0 Å². The van der Waals surface area contributed by atoms with E-state index in [-0.39, 0.29) is 12.4 Å².